The molecule has 1 amide bonds. The Morgan fingerprint density at radius 2 is 1.59 bits per heavy atom. The summed E-state index contributed by atoms with van der Waals surface area (Å²) in [6, 6.07) is 15.4. The molecule has 142 valence electrons. The van der Waals surface area contributed by atoms with Gasteiger partial charge in [0.1, 0.15) is 6.04 Å². The first kappa shape index (κ1) is 18.8. The van der Waals surface area contributed by atoms with Crippen LogP contribution in [0, 0.1) is 0 Å². The van der Waals surface area contributed by atoms with Crippen molar-refractivity contribution in [3.05, 3.63) is 71.8 Å². The van der Waals surface area contributed by atoms with E-state index in [1.165, 1.54) is 0 Å². The number of hydrogen-bond acceptors (Lipinski definition) is 3. The Morgan fingerprint density at radius 3 is 2.15 bits per heavy atom. The van der Waals surface area contributed by atoms with Gasteiger partial charge in [-0.15, -0.1) is 0 Å². The molecule has 1 heterocycles. The summed E-state index contributed by atoms with van der Waals surface area (Å²) < 4.78 is 34.1. The first-order valence-corrected chi connectivity index (χ1v) is 8.53. The minimum absolute atomic E-state index is 0.111. The average Bonchev–Trinajstić information content (AvgIpc) is 2.91. The van der Waals surface area contributed by atoms with Gasteiger partial charge < -0.3 is 9.84 Å². The molecule has 0 aliphatic carbocycles. The van der Waals surface area contributed by atoms with Crippen molar-refractivity contribution in [3.8, 4) is 0 Å². The van der Waals surface area contributed by atoms with Crippen LogP contribution >= 0.6 is 0 Å². The number of halogens is 2. The standard InChI is InChI=1S/C20H19F2NO4/c21-20(22,12-15-9-5-2-6-10-15)13-16-18(24)27-17(23(16)19(25)26)11-14-7-3-1-4-8-14/h1-10,16-17H,11-13H2,(H,25,26)/t16?,17-/m0/s1. The predicted molar refractivity (Wildman–Crippen MR) is 93.4 cm³/mol. The van der Waals surface area contributed by atoms with Gasteiger partial charge in [0.15, 0.2) is 6.23 Å². The Kier molecular flexibility index (Phi) is 5.39. The van der Waals surface area contributed by atoms with Crippen LogP contribution in [0.4, 0.5) is 13.6 Å². The third-order valence-corrected chi connectivity index (χ3v) is 4.44. The molecule has 2 aromatic carbocycles. The number of amides is 1. The van der Waals surface area contributed by atoms with Crippen LogP contribution < -0.4 is 0 Å². The molecule has 5 nitrogen and oxygen atoms in total. The zero-order chi connectivity index (χ0) is 19.4. The van der Waals surface area contributed by atoms with Crippen LogP contribution in [-0.2, 0) is 22.4 Å². The van der Waals surface area contributed by atoms with Crippen molar-refractivity contribution < 1.29 is 28.2 Å². The second-order valence-electron chi connectivity index (χ2n) is 6.51. The zero-order valence-corrected chi connectivity index (χ0v) is 14.4. The highest BCUT2D eigenvalue weighted by Crippen LogP contribution is 2.32. The lowest BCUT2D eigenvalue weighted by molar-refractivity contribution is -0.144. The topological polar surface area (TPSA) is 66.8 Å². The van der Waals surface area contributed by atoms with Crippen molar-refractivity contribution >= 4 is 12.1 Å². The number of nitrogens with zero attached hydrogens (tertiary/aromatic N) is 1. The summed E-state index contributed by atoms with van der Waals surface area (Å²) in [5.41, 5.74) is 1.16. The molecule has 2 aromatic rings. The molecule has 0 bridgehead atoms. The molecule has 0 radical (unpaired) electrons. The lowest BCUT2D eigenvalue weighted by Crippen LogP contribution is -2.45. The highest BCUT2D eigenvalue weighted by Gasteiger charge is 2.49. The molecule has 27 heavy (non-hydrogen) atoms. The molecule has 1 aliphatic heterocycles. The number of esters is 1. The molecular formula is C20H19F2NO4. The minimum atomic E-state index is -3.25. The molecule has 0 spiro atoms. The second kappa shape index (κ2) is 7.73. The van der Waals surface area contributed by atoms with E-state index in [-0.39, 0.29) is 6.42 Å². The van der Waals surface area contributed by atoms with Crippen molar-refractivity contribution in [1.82, 2.24) is 4.90 Å². The number of benzene rings is 2. The quantitative estimate of drug-likeness (QED) is 0.782. The van der Waals surface area contributed by atoms with E-state index < -0.39 is 43.1 Å². The van der Waals surface area contributed by atoms with E-state index in [4.69, 9.17) is 4.74 Å². The average molecular weight is 375 g/mol. The smallest absolute Gasteiger partial charge is 0.410 e. The molecule has 1 unspecified atom stereocenters. The van der Waals surface area contributed by atoms with E-state index in [0.29, 0.717) is 10.5 Å². The summed E-state index contributed by atoms with van der Waals surface area (Å²) >= 11 is 0. The Labute approximate surface area is 155 Å². The van der Waals surface area contributed by atoms with Gasteiger partial charge in [-0.1, -0.05) is 60.7 Å². The lowest BCUT2D eigenvalue weighted by Gasteiger charge is -2.26. The maximum absolute atomic E-state index is 14.5. The van der Waals surface area contributed by atoms with Gasteiger partial charge in [-0.25, -0.2) is 18.4 Å². The van der Waals surface area contributed by atoms with Crippen LogP contribution in [0.15, 0.2) is 60.7 Å². The van der Waals surface area contributed by atoms with Crippen molar-refractivity contribution in [2.24, 2.45) is 0 Å². The Bertz CT molecular complexity index is 798. The van der Waals surface area contributed by atoms with Gasteiger partial charge >= 0.3 is 12.1 Å². The monoisotopic (exact) mass is 375 g/mol. The van der Waals surface area contributed by atoms with Gasteiger partial charge in [-0.2, -0.15) is 0 Å². The lowest BCUT2D eigenvalue weighted by atomic mass is 10.00. The number of cyclic esters (lactones) is 1. The van der Waals surface area contributed by atoms with Crippen molar-refractivity contribution in [2.75, 3.05) is 0 Å². The number of carbonyl (C=O) groups excluding carboxylic acids is 1. The van der Waals surface area contributed by atoms with E-state index in [2.05, 4.69) is 0 Å². The number of ether oxygens (including phenoxy) is 1. The van der Waals surface area contributed by atoms with E-state index in [1.54, 1.807) is 60.7 Å². The summed E-state index contributed by atoms with van der Waals surface area (Å²) in [4.78, 5) is 24.5. The number of rotatable bonds is 6. The molecule has 0 saturated carbocycles. The number of carbonyl (C=O) groups is 2. The van der Waals surface area contributed by atoms with Crippen LogP contribution in [-0.4, -0.2) is 40.3 Å². The third kappa shape index (κ3) is 4.61. The van der Waals surface area contributed by atoms with E-state index >= 15 is 0 Å². The Balaban J connectivity index is 1.75. The first-order valence-electron chi connectivity index (χ1n) is 8.53. The molecule has 0 aromatic heterocycles. The number of alkyl halides is 2. The van der Waals surface area contributed by atoms with Crippen molar-refractivity contribution in [2.45, 2.75) is 37.5 Å². The molecule has 1 aliphatic rings. The van der Waals surface area contributed by atoms with Gasteiger partial charge in [0.25, 0.3) is 5.92 Å². The van der Waals surface area contributed by atoms with E-state index in [9.17, 15) is 23.5 Å². The molecular weight excluding hydrogens is 356 g/mol. The maximum Gasteiger partial charge on any atom is 0.410 e. The van der Waals surface area contributed by atoms with Crippen LogP contribution in [0.2, 0.25) is 0 Å². The van der Waals surface area contributed by atoms with Gasteiger partial charge in [0, 0.05) is 19.3 Å². The number of hydrogen-bond donors (Lipinski definition) is 1. The Morgan fingerprint density at radius 1 is 1.04 bits per heavy atom. The summed E-state index contributed by atoms with van der Waals surface area (Å²) in [5.74, 6) is -4.19. The fourth-order valence-corrected chi connectivity index (χ4v) is 3.23. The summed E-state index contributed by atoms with van der Waals surface area (Å²) in [6.45, 7) is 0. The van der Waals surface area contributed by atoms with E-state index in [0.717, 1.165) is 5.56 Å². The third-order valence-electron chi connectivity index (χ3n) is 4.44. The molecule has 1 fully saturated rings. The fourth-order valence-electron chi connectivity index (χ4n) is 3.23. The molecule has 1 N–H and O–H groups in total. The first-order chi connectivity index (χ1) is 12.9. The largest absolute Gasteiger partial charge is 0.465 e. The SMILES string of the molecule is O=C1O[C@@H](Cc2ccccc2)N(C(=O)O)C1CC(F)(F)Cc1ccccc1. The van der Waals surface area contributed by atoms with Crippen LogP contribution in [0.25, 0.3) is 0 Å². The van der Waals surface area contributed by atoms with Gasteiger partial charge in [0.05, 0.1) is 0 Å². The van der Waals surface area contributed by atoms with Gasteiger partial charge in [-0.3, -0.25) is 4.90 Å². The highest BCUT2D eigenvalue weighted by atomic mass is 19.3. The minimum Gasteiger partial charge on any atom is -0.465 e. The highest BCUT2D eigenvalue weighted by molar-refractivity contribution is 5.84. The number of carboxylic acid groups (broad SMARTS) is 1. The maximum atomic E-state index is 14.5. The van der Waals surface area contributed by atoms with Crippen molar-refractivity contribution in [3.63, 3.8) is 0 Å². The van der Waals surface area contributed by atoms with Crippen LogP contribution in [0.3, 0.4) is 0 Å². The molecule has 2 atom stereocenters. The summed E-state index contributed by atoms with van der Waals surface area (Å²) in [5, 5.41) is 9.49. The second-order valence-corrected chi connectivity index (χ2v) is 6.51. The van der Waals surface area contributed by atoms with Gasteiger partial charge in [-0.05, 0) is 11.1 Å². The predicted octanol–water partition coefficient (Wildman–Crippen LogP) is 3.73. The Hall–Kier alpha value is -2.96. The van der Waals surface area contributed by atoms with Crippen LogP contribution in [0.1, 0.15) is 17.5 Å². The van der Waals surface area contributed by atoms with Crippen molar-refractivity contribution in [1.29, 1.82) is 0 Å². The zero-order valence-electron chi connectivity index (χ0n) is 14.4. The molecule has 1 saturated heterocycles. The molecule has 3 rings (SSSR count). The molecule has 7 heteroatoms. The fraction of sp³-hybridized carbons (Fsp3) is 0.300. The van der Waals surface area contributed by atoms with Crippen LogP contribution in [0.5, 0.6) is 0 Å². The van der Waals surface area contributed by atoms with E-state index in [1.807, 2.05) is 0 Å². The summed E-state index contributed by atoms with van der Waals surface area (Å²) in [6.07, 6.45) is -3.95. The normalized spacial score (nSPS) is 19.8. The van der Waals surface area contributed by atoms with Gasteiger partial charge in [0.2, 0.25) is 0 Å². The summed E-state index contributed by atoms with van der Waals surface area (Å²) in [7, 11) is 0.